The molecule has 0 aliphatic carbocycles. The number of hydrogen-bond acceptors (Lipinski definition) is 2. The van der Waals surface area contributed by atoms with Gasteiger partial charge in [0.1, 0.15) is 0 Å². The summed E-state index contributed by atoms with van der Waals surface area (Å²) in [6.07, 6.45) is 0. The molecule has 0 radical (unpaired) electrons. The van der Waals surface area contributed by atoms with Gasteiger partial charge in [-0.3, -0.25) is 4.67 Å². The van der Waals surface area contributed by atoms with Gasteiger partial charge in [-0.1, -0.05) is 146 Å². The molecule has 7 aromatic carbocycles. The van der Waals surface area contributed by atoms with Crippen LogP contribution in [0, 0.1) is 0 Å². The Morgan fingerprint density at radius 3 is 1.28 bits per heavy atom. The van der Waals surface area contributed by atoms with Gasteiger partial charge < -0.3 is 4.52 Å². The Morgan fingerprint density at radius 1 is 0.413 bits per heavy atom. The standard InChI is InChI=1S/C42H30NO2P/c44-46(38-27-23-34(24-28-38)32-15-7-2-8-16-32)43(37-25-21-33(22-26-37)31-13-5-1-6-14-31)41-29-39(35-17-9-3-10-18-35)40(30-42(41)45-46)36-19-11-4-12-20-36/h1-30H. The van der Waals surface area contributed by atoms with Gasteiger partial charge in [0, 0.05) is 0 Å². The fraction of sp³-hybridized carbons (Fsp3) is 0. The molecule has 0 aromatic heterocycles. The van der Waals surface area contributed by atoms with Crippen molar-refractivity contribution in [3.8, 4) is 50.3 Å². The minimum absolute atomic E-state index is 0.598. The smallest absolute Gasteiger partial charge is 0.378 e. The lowest BCUT2D eigenvalue weighted by atomic mass is 9.93. The highest BCUT2D eigenvalue weighted by Crippen LogP contribution is 2.65. The van der Waals surface area contributed by atoms with Crippen molar-refractivity contribution >= 4 is 24.2 Å². The zero-order valence-electron chi connectivity index (χ0n) is 25.0. The molecule has 3 nitrogen and oxygen atoms in total. The monoisotopic (exact) mass is 611 g/mol. The lowest BCUT2D eigenvalue weighted by molar-refractivity contribution is 0.505. The van der Waals surface area contributed by atoms with Crippen LogP contribution in [-0.4, -0.2) is 0 Å². The number of hydrogen-bond donors (Lipinski definition) is 0. The van der Waals surface area contributed by atoms with Crippen molar-refractivity contribution in [3.63, 3.8) is 0 Å². The third-order valence-electron chi connectivity index (χ3n) is 8.50. The highest BCUT2D eigenvalue weighted by Gasteiger charge is 2.45. The van der Waals surface area contributed by atoms with Crippen LogP contribution in [0.5, 0.6) is 5.75 Å². The first-order valence-corrected chi connectivity index (χ1v) is 17.0. The van der Waals surface area contributed by atoms with Crippen molar-refractivity contribution in [1.82, 2.24) is 0 Å². The van der Waals surface area contributed by atoms with Crippen LogP contribution in [0.15, 0.2) is 182 Å². The van der Waals surface area contributed by atoms with E-state index in [9.17, 15) is 0 Å². The second-order valence-corrected chi connectivity index (χ2v) is 13.5. The summed E-state index contributed by atoms with van der Waals surface area (Å²) in [5.74, 6) is 0.598. The van der Waals surface area contributed by atoms with Crippen LogP contribution in [0.1, 0.15) is 0 Å². The number of fused-ring (bicyclic) bond motifs is 1. The summed E-state index contributed by atoms with van der Waals surface area (Å²) in [4.78, 5) is 0. The largest absolute Gasteiger partial charge is 0.423 e. The van der Waals surface area contributed by atoms with E-state index in [-0.39, 0.29) is 0 Å². The van der Waals surface area contributed by atoms with Gasteiger partial charge in [-0.25, -0.2) is 4.57 Å². The summed E-state index contributed by atoms with van der Waals surface area (Å²) < 4.78 is 24.0. The van der Waals surface area contributed by atoms with Gasteiger partial charge in [-0.05, 0) is 80.9 Å². The molecule has 0 saturated heterocycles. The normalized spacial score (nSPS) is 15.3. The molecule has 1 aliphatic rings. The highest BCUT2D eigenvalue weighted by atomic mass is 31.2. The first-order chi connectivity index (χ1) is 22.7. The molecule has 4 heteroatoms. The lowest BCUT2D eigenvalue weighted by Gasteiger charge is -2.26. The first-order valence-electron chi connectivity index (χ1n) is 15.4. The van der Waals surface area contributed by atoms with E-state index in [1.54, 1.807) is 0 Å². The lowest BCUT2D eigenvalue weighted by Crippen LogP contribution is -2.20. The van der Waals surface area contributed by atoms with Crippen LogP contribution in [-0.2, 0) is 4.57 Å². The Kier molecular flexibility index (Phi) is 7.10. The zero-order valence-corrected chi connectivity index (χ0v) is 25.9. The summed E-state index contributed by atoms with van der Waals surface area (Å²) >= 11 is 0. The highest BCUT2D eigenvalue weighted by molar-refractivity contribution is 7.69. The SMILES string of the molecule is O=P1(c2ccc(-c3ccccc3)cc2)Oc2cc(-c3ccccc3)c(-c3ccccc3)cc2N1c1ccc(-c2ccccc2)cc1. The zero-order chi connectivity index (χ0) is 30.9. The molecular weight excluding hydrogens is 581 g/mol. The molecule has 46 heavy (non-hydrogen) atoms. The van der Waals surface area contributed by atoms with E-state index in [4.69, 9.17) is 4.52 Å². The summed E-state index contributed by atoms with van der Waals surface area (Å²) in [5.41, 5.74) is 10.2. The Bertz CT molecular complexity index is 2170. The van der Waals surface area contributed by atoms with E-state index in [1.807, 2.05) is 114 Å². The number of anilines is 2. The van der Waals surface area contributed by atoms with Crippen molar-refractivity contribution in [3.05, 3.63) is 182 Å². The van der Waals surface area contributed by atoms with Crippen molar-refractivity contribution in [2.75, 3.05) is 4.67 Å². The summed E-state index contributed by atoms with van der Waals surface area (Å²) in [6, 6.07) is 61.5. The molecule has 1 aliphatic heterocycles. The van der Waals surface area contributed by atoms with Crippen LogP contribution < -0.4 is 14.5 Å². The summed E-state index contributed by atoms with van der Waals surface area (Å²) in [7, 11) is -3.62. The maximum Gasteiger partial charge on any atom is 0.378 e. The van der Waals surface area contributed by atoms with Gasteiger partial charge in [-0.2, -0.15) is 0 Å². The second kappa shape index (κ2) is 11.7. The van der Waals surface area contributed by atoms with Crippen LogP contribution in [0.3, 0.4) is 0 Å². The van der Waals surface area contributed by atoms with Gasteiger partial charge in [0.15, 0.2) is 5.75 Å². The first kappa shape index (κ1) is 27.9. The summed E-state index contributed by atoms with van der Waals surface area (Å²) in [5, 5.41) is 0.637. The molecule has 1 heterocycles. The van der Waals surface area contributed by atoms with Gasteiger partial charge >= 0.3 is 7.52 Å². The van der Waals surface area contributed by atoms with Gasteiger partial charge in [0.05, 0.1) is 16.7 Å². The predicted octanol–water partition coefficient (Wildman–Crippen LogP) is 11.4. The maximum absolute atomic E-state index is 15.4. The van der Waals surface area contributed by atoms with Gasteiger partial charge in [0.2, 0.25) is 0 Å². The van der Waals surface area contributed by atoms with Gasteiger partial charge in [-0.15, -0.1) is 0 Å². The Morgan fingerprint density at radius 2 is 0.804 bits per heavy atom. The van der Waals surface area contributed by atoms with E-state index < -0.39 is 7.52 Å². The second-order valence-electron chi connectivity index (χ2n) is 11.3. The average molecular weight is 612 g/mol. The molecule has 8 rings (SSSR count). The van der Waals surface area contributed by atoms with Crippen molar-refractivity contribution in [2.24, 2.45) is 0 Å². The summed E-state index contributed by atoms with van der Waals surface area (Å²) in [6.45, 7) is 0. The molecule has 0 bridgehead atoms. The minimum atomic E-state index is -3.62. The molecule has 0 fully saturated rings. The quantitative estimate of drug-likeness (QED) is 0.175. The fourth-order valence-electron chi connectivity index (χ4n) is 6.19. The molecule has 0 spiro atoms. The Balaban J connectivity index is 1.30. The third-order valence-corrected chi connectivity index (χ3v) is 10.9. The molecular formula is C42H30NO2P. The molecule has 220 valence electrons. The molecule has 0 saturated carbocycles. The topological polar surface area (TPSA) is 29.5 Å². The molecule has 0 amide bonds. The molecule has 0 N–H and O–H groups in total. The predicted molar refractivity (Wildman–Crippen MR) is 191 cm³/mol. The fourth-order valence-corrected chi connectivity index (χ4v) is 8.43. The van der Waals surface area contributed by atoms with Crippen molar-refractivity contribution < 1.29 is 9.09 Å². The van der Waals surface area contributed by atoms with Crippen molar-refractivity contribution in [2.45, 2.75) is 0 Å². The van der Waals surface area contributed by atoms with Crippen molar-refractivity contribution in [1.29, 1.82) is 0 Å². The number of benzene rings is 7. The molecule has 1 atom stereocenters. The Labute approximate surface area is 269 Å². The van der Waals surface area contributed by atoms with E-state index >= 15 is 4.57 Å². The van der Waals surface area contributed by atoms with E-state index in [0.717, 1.165) is 55.9 Å². The van der Waals surface area contributed by atoms with Crippen LogP contribution in [0.25, 0.3) is 44.5 Å². The number of nitrogens with zero attached hydrogens (tertiary/aromatic N) is 1. The van der Waals surface area contributed by atoms with Gasteiger partial charge in [0.25, 0.3) is 0 Å². The van der Waals surface area contributed by atoms with E-state index in [0.29, 0.717) is 11.1 Å². The van der Waals surface area contributed by atoms with E-state index in [1.165, 1.54) is 0 Å². The maximum atomic E-state index is 15.4. The third kappa shape index (κ3) is 5.01. The molecule has 7 aromatic rings. The average Bonchev–Trinajstić information content (AvgIpc) is 3.44. The van der Waals surface area contributed by atoms with Crippen LogP contribution in [0.2, 0.25) is 0 Å². The van der Waals surface area contributed by atoms with E-state index in [2.05, 4.69) is 72.8 Å². The molecule has 1 unspecified atom stereocenters. The number of rotatable bonds is 6. The van der Waals surface area contributed by atoms with Crippen LogP contribution >= 0.6 is 7.52 Å². The Hall–Kier alpha value is -5.63. The minimum Gasteiger partial charge on any atom is -0.423 e. The van der Waals surface area contributed by atoms with Crippen LogP contribution in [0.4, 0.5) is 11.4 Å².